The van der Waals surface area contributed by atoms with E-state index in [1.165, 1.54) is 14.2 Å². The second-order valence-electron chi connectivity index (χ2n) is 4.90. The van der Waals surface area contributed by atoms with Gasteiger partial charge in [-0.25, -0.2) is 8.42 Å². The van der Waals surface area contributed by atoms with Crippen molar-refractivity contribution in [1.82, 2.24) is 0 Å². The number of para-hydroxylation sites is 3. The van der Waals surface area contributed by atoms with Crippen LogP contribution in [-0.2, 0) is 10.0 Å². The van der Waals surface area contributed by atoms with E-state index in [0.717, 1.165) is 10.6 Å². The number of hydrogen-bond donors (Lipinski definition) is 1. The third-order valence-corrected chi connectivity index (χ3v) is 4.53. The maximum Gasteiger partial charge on any atom is 0.257 e. The number of carbonyl (C=O) groups is 1. The van der Waals surface area contributed by atoms with Gasteiger partial charge in [-0.15, -0.1) is 0 Å². The van der Waals surface area contributed by atoms with Gasteiger partial charge >= 0.3 is 0 Å². The largest absolute Gasteiger partial charge is 0.495 e. The van der Waals surface area contributed by atoms with E-state index in [0.29, 0.717) is 17.1 Å². The molecule has 1 N–H and O–H groups in total. The molecule has 6 nitrogen and oxygen atoms in total. The number of anilines is 2. The molecule has 0 heterocycles. The van der Waals surface area contributed by atoms with Crippen LogP contribution in [0.4, 0.5) is 11.4 Å². The summed E-state index contributed by atoms with van der Waals surface area (Å²) < 4.78 is 29.7. The highest BCUT2D eigenvalue weighted by Crippen LogP contribution is 2.26. The lowest BCUT2D eigenvalue weighted by Gasteiger charge is -2.20. The second-order valence-corrected chi connectivity index (χ2v) is 6.92. The normalized spacial score (nSPS) is 10.9. The van der Waals surface area contributed by atoms with Gasteiger partial charge in [0.1, 0.15) is 5.75 Å². The molecule has 1 amide bonds. The predicted octanol–water partition coefficient (Wildman–Crippen LogP) is 2.34. The monoisotopic (exact) mass is 334 g/mol. The Morgan fingerprint density at radius 2 is 1.70 bits per heavy atom. The van der Waals surface area contributed by atoms with Crippen molar-refractivity contribution in [3.05, 3.63) is 54.1 Å². The fourth-order valence-electron chi connectivity index (χ4n) is 2.06. The van der Waals surface area contributed by atoms with Crippen molar-refractivity contribution in [3.8, 4) is 5.75 Å². The minimum absolute atomic E-state index is 0.256. The maximum atomic E-state index is 12.5. The number of amides is 1. The molecule has 0 atom stereocenters. The van der Waals surface area contributed by atoms with Crippen LogP contribution in [0.15, 0.2) is 48.5 Å². The molecule has 0 bridgehead atoms. The van der Waals surface area contributed by atoms with E-state index in [4.69, 9.17) is 4.74 Å². The smallest absolute Gasteiger partial charge is 0.257 e. The Morgan fingerprint density at radius 3 is 2.35 bits per heavy atom. The quantitative estimate of drug-likeness (QED) is 0.910. The van der Waals surface area contributed by atoms with E-state index in [1.54, 1.807) is 48.5 Å². The number of hydrogen-bond acceptors (Lipinski definition) is 4. The molecular formula is C16H18N2O4S. The van der Waals surface area contributed by atoms with Crippen molar-refractivity contribution < 1.29 is 17.9 Å². The highest BCUT2D eigenvalue weighted by Gasteiger charge is 2.20. The summed E-state index contributed by atoms with van der Waals surface area (Å²) in [5.74, 6) is 0.107. The summed E-state index contributed by atoms with van der Waals surface area (Å²) >= 11 is 0. The van der Waals surface area contributed by atoms with Crippen LogP contribution >= 0.6 is 0 Å². The van der Waals surface area contributed by atoms with Crippen LogP contribution in [0.2, 0.25) is 0 Å². The Kier molecular flexibility index (Phi) is 4.90. The molecule has 0 unspecified atom stereocenters. The van der Waals surface area contributed by atoms with Crippen LogP contribution in [-0.4, -0.2) is 34.7 Å². The SMILES string of the molecule is COc1ccccc1NC(=O)c1ccccc1N(C)S(C)(=O)=O. The molecule has 2 rings (SSSR count). The molecule has 0 aliphatic heterocycles. The minimum atomic E-state index is -3.47. The van der Waals surface area contributed by atoms with Crippen molar-refractivity contribution >= 4 is 27.3 Å². The van der Waals surface area contributed by atoms with Crippen LogP contribution in [0.5, 0.6) is 5.75 Å². The molecular weight excluding hydrogens is 316 g/mol. The average molecular weight is 334 g/mol. The number of ether oxygens (including phenoxy) is 1. The molecule has 0 saturated carbocycles. The van der Waals surface area contributed by atoms with Crippen molar-refractivity contribution in [2.75, 3.05) is 30.0 Å². The van der Waals surface area contributed by atoms with Gasteiger partial charge in [0.15, 0.2) is 0 Å². The standard InChI is InChI=1S/C16H18N2O4S/c1-18(23(3,20)21)14-10-6-4-8-12(14)16(19)17-13-9-5-7-11-15(13)22-2/h4-11H,1-3H3,(H,17,19). The van der Waals surface area contributed by atoms with Crippen LogP contribution in [0.3, 0.4) is 0 Å². The number of methoxy groups -OCH3 is 1. The fraction of sp³-hybridized carbons (Fsp3) is 0.188. The summed E-state index contributed by atoms with van der Waals surface area (Å²) in [6.07, 6.45) is 1.09. The fourth-order valence-corrected chi connectivity index (χ4v) is 2.57. The third kappa shape index (κ3) is 3.81. The molecule has 0 aliphatic rings. The molecule has 0 aliphatic carbocycles. The van der Waals surface area contributed by atoms with Gasteiger partial charge in [0, 0.05) is 7.05 Å². The third-order valence-electron chi connectivity index (χ3n) is 3.34. The first-order valence-corrected chi connectivity index (χ1v) is 8.66. The summed E-state index contributed by atoms with van der Waals surface area (Å²) in [6, 6.07) is 13.5. The highest BCUT2D eigenvalue weighted by atomic mass is 32.2. The molecule has 0 saturated heterocycles. The number of nitrogens with zero attached hydrogens (tertiary/aromatic N) is 1. The average Bonchev–Trinajstić information content (AvgIpc) is 2.53. The Morgan fingerprint density at radius 1 is 1.09 bits per heavy atom. The van der Waals surface area contributed by atoms with Gasteiger partial charge in [-0.3, -0.25) is 9.10 Å². The van der Waals surface area contributed by atoms with Crippen molar-refractivity contribution in [1.29, 1.82) is 0 Å². The molecule has 122 valence electrons. The van der Waals surface area contributed by atoms with Gasteiger partial charge in [-0.05, 0) is 24.3 Å². The Hall–Kier alpha value is -2.54. The first kappa shape index (κ1) is 16.8. The van der Waals surface area contributed by atoms with Crippen LogP contribution < -0.4 is 14.4 Å². The first-order valence-electron chi connectivity index (χ1n) is 6.82. The number of sulfonamides is 1. The summed E-state index contributed by atoms with van der Waals surface area (Å²) in [4.78, 5) is 12.5. The molecule has 2 aromatic rings. The van der Waals surface area contributed by atoms with Gasteiger partial charge < -0.3 is 10.1 Å². The zero-order valence-corrected chi connectivity index (χ0v) is 13.9. The number of nitrogens with one attached hydrogen (secondary N) is 1. The van der Waals surface area contributed by atoms with Gasteiger partial charge in [-0.2, -0.15) is 0 Å². The Bertz CT molecular complexity index is 818. The van der Waals surface area contributed by atoms with Gasteiger partial charge in [0.25, 0.3) is 5.91 Å². The lowest BCUT2D eigenvalue weighted by molar-refractivity contribution is 0.102. The van der Waals surface area contributed by atoms with Crippen molar-refractivity contribution in [3.63, 3.8) is 0 Å². The number of rotatable bonds is 5. The Balaban J connectivity index is 2.37. The van der Waals surface area contributed by atoms with E-state index in [1.807, 2.05) is 0 Å². The van der Waals surface area contributed by atoms with Gasteiger partial charge in [-0.1, -0.05) is 24.3 Å². The van der Waals surface area contributed by atoms with E-state index in [-0.39, 0.29) is 5.56 Å². The molecule has 0 aromatic heterocycles. The van der Waals surface area contributed by atoms with Crippen molar-refractivity contribution in [2.24, 2.45) is 0 Å². The molecule has 7 heteroatoms. The van der Waals surface area contributed by atoms with Crippen LogP contribution in [0.1, 0.15) is 10.4 Å². The zero-order chi connectivity index (χ0) is 17.0. The van der Waals surface area contributed by atoms with E-state index in [2.05, 4.69) is 5.32 Å². The van der Waals surface area contributed by atoms with E-state index in [9.17, 15) is 13.2 Å². The summed E-state index contributed by atoms with van der Waals surface area (Å²) in [6.45, 7) is 0. The topological polar surface area (TPSA) is 75.7 Å². The summed E-state index contributed by atoms with van der Waals surface area (Å²) in [5.41, 5.74) is 1.07. The lowest BCUT2D eigenvalue weighted by Crippen LogP contribution is -2.27. The predicted molar refractivity (Wildman–Crippen MR) is 90.6 cm³/mol. The van der Waals surface area contributed by atoms with E-state index < -0.39 is 15.9 Å². The maximum absolute atomic E-state index is 12.5. The second kappa shape index (κ2) is 6.70. The molecule has 0 spiro atoms. The summed E-state index contributed by atoms with van der Waals surface area (Å²) in [5, 5.41) is 2.74. The van der Waals surface area contributed by atoms with Gasteiger partial charge in [0.05, 0.1) is 30.3 Å². The zero-order valence-electron chi connectivity index (χ0n) is 13.1. The summed E-state index contributed by atoms with van der Waals surface area (Å²) in [7, 11) is -0.551. The number of benzene rings is 2. The highest BCUT2D eigenvalue weighted by molar-refractivity contribution is 7.92. The minimum Gasteiger partial charge on any atom is -0.495 e. The van der Waals surface area contributed by atoms with Gasteiger partial charge in [0.2, 0.25) is 10.0 Å². The van der Waals surface area contributed by atoms with Crippen LogP contribution in [0, 0.1) is 0 Å². The number of carbonyl (C=O) groups excluding carboxylic acids is 1. The molecule has 0 fully saturated rings. The first-order chi connectivity index (χ1) is 10.8. The van der Waals surface area contributed by atoms with E-state index >= 15 is 0 Å². The molecule has 0 radical (unpaired) electrons. The molecule has 23 heavy (non-hydrogen) atoms. The molecule has 2 aromatic carbocycles. The lowest BCUT2D eigenvalue weighted by atomic mass is 10.1. The van der Waals surface area contributed by atoms with Crippen molar-refractivity contribution in [2.45, 2.75) is 0 Å². The van der Waals surface area contributed by atoms with Crippen LogP contribution in [0.25, 0.3) is 0 Å². The Labute approximate surface area is 135 Å².